The lowest BCUT2D eigenvalue weighted by Gasteiger charge is -2.04. The van der Waals surface area contributed by atoms with Crippen LogP contribution in [0.5, 0.6) is 0 Å². The van der Waals surface area contributed by atoms with Crippen LogP contribution in [0.4, 0.5) is 5.69 Å². The molecule has 2 heterocycles. The first kappa shape index (κ1) is 22.5. The summed E-state index contributed by atoms with van der Waals surface area (Å²) >= 11 is 0. The van der Waals surface area contributed by atoms with E-state index in [1.807, 2.05) is 48.5 Å². The quantitative estimate of drug-likeness (QED) is 0.353. The van der Waals surface area contributed by atoms with Crippen LogP contribution >= 0.6 is 0 Å². The summed E-state index contributed by atoms with van der Waals surface area (Å²) in [6.45, 7) is -0.0183. The van der Waals surface area contributed by atoms with Gasteiger partial charge in [-0.1, -0.05) is 60.7 Å². The number of rotatable bonds is 6. The van der Waals surface area contributed by atoms with E-state index in [2.05, 4.69) is 26.5 Å². The lowest BCUT2D eigenvalue weighted by atomic mass is 10.1. The molecule has 5 aromatic rings. The topological polar surface area (TPSA) is 116 Å². The molecule has 0 spiro atoms. The molecule has 0 aliphatic heterocycles. The molecule has 0 unspecified atom stereocenters. The highest BCUT2D eigenvalue weighted by atomic mass is 16.2. The molecule has 0 aliphatic carbocycles. The van der Waals surface area contributed by atoms with Crippen LogP contribution in [0.3, 0.4) is 0 Å². The molecule has 0 bridgehead atoms. The maximum absolute atomic E-state index is 12.6. The van der Waals surface area contributed by atoms with Gasteiger partial charge in [-0.3, -0.25) is 14.3 Å². The fraction of sp³-hybridized carbons (Fsp3) is 0.0357. The monoisotopic (exact) mass is 472 g/mol. The van der Waals surface area contributed by atoms with E-state index in [0.717, 1.165) is 5.56 Å². The number of carbonyl (C=O) groups excluding carboxylic acids is 1. The number of hydrogen-bond acceptors (Lipinski definition) is 5. The van der Waals surface area contributed by atoms with Gasteiger partial charge in [0.2, 0.25) is 5.91 Å². The van der Waals surface area contributed by atoms with E-state index < -0.39 is 0 Å². The van der Waals surface area contributed by atoms with Crippen molar-refractivity contribution in [2.75, 3.05) is 5.32 Å². The standard InChI is InChI=1S/C28H20N6O2/c29-16-20(27-31-24-14-8-7-13-23(24)28(36)32-27)15-21-17-34(33-26(21)19-9-3-1-4-10-19)18-25(35)30-22-11-5-2-6-12-22/h1-15,17H,18H2,(H,30,35)(H,31,32,36). The number of H-pyrrole nitrogens is 1. The summed E-state index contributed by atoms with van der Waals surface area (Å²) in [5.41, 5.74) is 3.06. The average Bonchev–Trinajstić information content (AvgIpc) is 3.30. The number of amides is 1. The third-order valence-electron chi connectivity index (χ3n) is 5.49. The summed E-state index contributed by atoms with van der Waals surface area (Å²) in [7, 11) is 0. The van der Waals surface area contributed by atoms with Gasteiger partial charge >= 0.3 is 0 Å². The van der Waals surface area contributed by atoms with E-state index in [1.54, 1.807) is 48.7 Å². The molecule has 0 saturated carbocycles. The maximum atomic E-state index is 12.6. The zero-order valence-electron chi connectivity index (χ0n) is 19.1. The van der Waals surface area contributed by atoms with Crippen LogP contribution in [0, 0.1) is 11.3 Å². The summed E-state index contributed by atoms with van der Waals surface area (Å²) in [5, 5.41) is 17.8. The minimum atomic E-state index is -0.326. The fourth-order valence-corrected chi connectivity index (χ4v) is 3.84. The number of aromatic nitrogens is 4. The average molecular weight is 473 g/mol. The molecule has 0 atom stereocenters. The minimum Gasteiger partial charge on any atom is -0.324 e. The van der Waals surface area contributed by atoms with Crippen LogP contribution in [0.1, 0.15) is 11.4 Å². The Bertz CT molecular complexity index is 1680. The van der Waals surface area contributed by atoms with Gasteiger partial charge in [0.05, 0.1) is 22.2 Å². The third kappa shape index (κ3) is 4.81. The number of nitrogens with one attached hydrogen (secondary N) is 2. The molecule has 8 nitrogen and oxygen atoms in total. The summed E-state index contributed by atoms with van der Waals surface area (Å²) in [5.74, 6) is -0.0744. The van der Waals surface area contributed by atoms with Crippen LogP contribution in [0.25, 0.3) is 33.8 Å². The van der Waals surface area contributed by atoms with Crippen LogP contribution in [0.15, 0.2) is 95.9 Å². The van der Waals surface area contributed by atoms with Gasteiger partial charge in [-0.25, -0.2) is 4.98 Å². The zero-order chi connectivity index (χ0) is 24.9. The molecule has 0 aliphatic rings. The van der Waals surface area contributed by atoms with Crippen molar-refractivity contribution >= 4 is 34.1 Å². The minimum absolute atomic E-state index is 0.0183. The molecular formula is C28H20N6O2. The number of nitrogens with zero attached hydrogens (tertiary/aromatic N) is 4. The summed E-state index contributed by atoms with van der Waals surface area (Å²) in [4.78, 5) is 32.3. The Hall–Kier alpha value is -5.29. The highest BCUT2D eigenvalue weighted by Gasteiger charge is 2.15. The van der Waals surface area contributed by atoms with Gasteiger partial charge < -0.3 is 10.3 Å². The number of hydrogen-bond donors (Lipinski definition) is 2. The van der Waals surface area contributed by atoms with Crippen molar-refractivity contribution in [3.63, 3.8) is 0 Å². The Balaban J connectivity index is 1.53. The van der Waals surface area contributed by atoms with Gasteiger partial charge in [-0.2, -0.15) is 10.4 Å². The van der Waals surface area contributed by atoms with Crippen molar-refractivity contribution in [2.24, 2.45) is 0 Å². The van der Waals surface area contributed by atoms with Gasteiger partial charge in [0.15, 0.2) is 5.82 Å². The van der Waals surface area contributed by atoms with E-state index >= 15 is 0 Å². The summed E-state index contributed by atoms with van der Waals surface area (Å²) in [6.07, 6.45) is 3.32. The van der Waals surface area contributed by atoms with Gasteiger partial charge in [0.1, 0.15) is 12.6 Å². The van der Waals surface area contributed by atoms with Crippen molar-refractivity contribution < 1.29 is 4.79 Å². The first-order valence-corrected chi connectivity index (χ1v) is 11.2. The van der Waals surface area contributed by atoms with E-state index in [0.29, 0.717) is 27.8 Å². The lowest BCUT2D eigenvalue weighted by Crippen LogP contribution is -2.19. The van der Waals surface area contributed by atoms with Crippen LogP contribution in [0.2, 0.25) is 0 Å². The lowest BCUT2D eigenvalue weighted by molar-refractivity contribution is -0.116. The Morgan fingerprint density at radius 3 is 2.44 bits per heavy atom. The van der Waals surface area contributed by atoms with Crippen molar-refractivity contribution in [1.82, 2.24) is 19.7 Å². The molecule has 0 radical (unpaired) electrons. The number of nitriles is 1. The second-order valence-electron chi connectivity index (χ2n) is 8.01. The number of aromatic amines is 1. The van der Waals surface area contributed by atoms with E-state index in [-0.39, 0.29) is 29.4 Å². The molecule has 0 fully saturated rings. The van der Waals surface area contributed by atoms with Gasteiger partial charge in [-0.05, 0) is 30.3 Å². The van der Waals surface area contributed by atoms with Gasteiger partial charge in [-0.15, -0.1) is 0 Å². The Morgan fingerprint density at radius 2 is 1.69 bits per heavy atom. The number of fused-ring (bicyclic) bond motifs is 1. The van der Waals surface area contributed by atoms with E-state index in [4.69, 9.17) is 0 Å². The Labute approximate surface area is 206 Å². The highest BCUT2D eigenvalue weighted by Crippen LogP contribution is 2.26. The number of para-hydroxylation sites is 2. The number of benzene rings is 3. The smallest absolute Gasteiger partial charge is 0.259 e. The second kappa shape index (κ2) is 9.91. The third-order valence-corrected chi connectivity index (χ3v) is 5.49. The van der Waals surface area contributed by atoms with Crippen LogP contribution < -0.4 is 10.9 Å². The van der Waals surface area contributed by atoms with Crippen LogP contribution in [-0.4, -0.2) is 25.7 Å². The molecule has 0 saturated heterocycles. The predicted octanol–water partition coefficient (Wildman–Crippen LogP) is 4.49. The summed E-state index contributed by atoms with van der Waals surface area (Å²) < 4.78 is 1.53. The van der Waals surface area contributed by atoms with Crippen molar-refractivity contribution in [3.8, 4) is 17.3 Å². The molecule has 2 aromatic heterocycles. The molecule has 2 N–H and O–H groups in total. The van der Waals surface area contributed by atoms with Gasteiger partial charge in [0, 0.05) is 23.0 Å². The fourth-order valence-electron chi connectivity index (χ4n) is 3.84. The number of carbonyl (C=O) groups is 1. The van der Waals surface area contributed by atoms with Crippen molar-refractivity contribution in [3.05, 3.63) is 113 Å². The SMILES string of the molecule is N#CC(=Cc1cn(CC(=O)Nc2ccccc2)nc1-c1ccccc1)c1nc2ccccc2c(=O)[nH]1. The normalized spacial score (nSPS) is 11.2. The van der Waals surface area contributed by atoms with E-state index in [1.165, 1.54) is 4.68 Å². The van der Waals surface area contributed by atoms with Crippen LogP contribution in [-0.2, 0) is 11.3 Å². The Kier molecular flexibility index (Phi) is 6.19. The molecule has 1 amide bonds. The predicted molar refractivity (Wildman–Crippen MR) is 139 cm³/mol. The molecule has 3 aromatic carbocycles. The van der Waals surface area contributed by atoms with Crippen molar-refractivity contribution in [1.29, 1.82) is 5.26 Å². The van der Waals surface area contributed by atoms with Crippen molar-refractivity contribution in [2.45, 2.75) is 6.54 Å². The molecule has 36 heavy (non-hydrogen) atoms. The van der Waals surface area contributed by atoms with Gasteiger partial charge in [0.25, 0.3) is 5.56 Å². The first-order chi connectivity index (χ1) is 17.6. The maximum Gasteiger partial charge on any atom is 0.259 e. The largest absolute Gasteiger partial charge is 0.324 e. The molecule has 8 heteroatoms. The first-order valence-electron chi connectivity index (χ1n) is 11.2. The molecular weight excluding hydrogens is 452 g/mol. The second-order valence-corrected chi connectivity index (χ2v) is 8.01. The number of anilines is 1. The molecule has 174 valence electrons. The zero-order valence-corrected chi connectivity index (χ0v) is 19.1. The van der Waals surface area contributed by atoms with E-state index in [9.17, 15) is 14.9 Å². The summed E-state index contributed by atoms with van der Waals surface area (Å²) in [6, 6.07) is 27.7. The highest BCUT2D eigenvalue weighted by molar-refractivity contribution is 5.92. The molecule has 5 rings (SSSR count). The number of allylic oxidation sites excluding steroid dienone is 1. The Morgan fingerprint density at radius 1 is 1.00 bits per heavy atom.